The highest BCUT2D eigenvalue weighted by atomic mass is 16.4. The minimum Gasteiger partial charge on any atom is -0.480 e. The number of carboxylic acids is 1. The number of nitrogens with zero attached hydrogens (tertiary/aromatic N) is 2. The molecule has 0 unspecified atom stereocenters. The summed E-state index contributed by atoms with van der Waals surface area (Å²) in [6.07, 6.45) is 6.84. The van der Waals surface area contributed by atoms with E-state index in [0.29, 0.717) is 19.4 Å². The average Bonchev–Trinajstić information content (AvgIpc) is 3.26. The van der Waals surface area contributed by atoms with E-state index < -0.39 is 11.5 Å². The monoisotopic (exact) mass is 293 g/mol. The van der Waals surface area contributed by atoms with Crippen molar-refractivity contribution in [2.45, 2.75) is 69.4 Å². The van der Waals surface area contributed by atoms with Crippen LogP contribution in [-0.2, 0) is 4.79 Å². The molecule has 0 radical (unpaired) electrons. The average molecular weight is 293 g/mol. The Morgan fingerprint density at radius 1 is 1.24 bits per heavy atom. The number of nitriles is 1. The molecular weight excluding hydrogens is 270 g/mol. The molecule has 6 heteroatoms. The van der Waals surface area contributed by atoms with E-state index in [2.05, 4.69) is 5.32 Å². The number of urea groups is 1. The molecule has 2 N–H and O–H groups in total. The van der Waals surface area contributed by atoms with Crippen molar-refractivity contribution in [3.05, 3.63) is 0 Å². The van der Waals surface area contributed by atoms with E-state index in [-0.39, 0.29) is 18.5 Å². The molecule has 0 aromatic rings. The molecule has 0 heterocycles. The molecule has 116 valence electrons. The van der Waals surface area contributed by atoms with Crippen LogP contribution in [-0.4, -0.2) is 40.1 Å². The van der Waals surface area contributed by atoms with E-state index in [1.54, 1.807) is 4.90 Å². The first-order chi connectivity index (χ1) is 10.1. The van der Waals surface area contributed by atoms with Crippen LogP contribution in [0.1, 0.15) is 57.8 Å². The summed E-state index contributed by atoms with van der Waals surface area (Å²) in [5.74, 6) is -0.936. The third-order valence-electron chi connectivity index (χ3n) is 4.43. The van der Waals surface area contributed by atoms with Gasteiger partial charge in [0.1, 0.15) is 5.54 Å². The number of amides is 2. The molecule has 2 rings (SSSR count). The first kappa shape index (κ1) is 15.6. The molecule has 0 bridgehead atoms. The summed E-state index contributed by atoms with van der Waals surface area (Å²) in [5.41, 5.74) is -1.13. The maximum absolute atomic E-state index is 12.5. The second kappa shape index (κ2) is 6.79. The molecule has 21 heavy (non-hydrogen) atoms. The van der Waals surface area contributed by atoms with Gasteiger partial charge in [0.15, 0.2) is 0 Å². The first-order valence-corrected chi connectivity index (χ1v) is 7.78. The van der Waals surface area contributed by atoms with Gasteiger partial charge in [-0.05, 0) is 25.7 Å². The minimum absolute atomic E-state index is 0.176. The van der Waals surface area contributed by atoms with Crippen molar-refractivity contribution < 1.29 is 14.7 Å². The second-order valence-corrected chi connectivity index (χ2v) is 6.06. The number of carbonyl (C=O) groups excluding carboxylic acids is 1. The molecule has 2 saturated carbocycles. The highest BCUT2D eigenvalue weighted by molar-refractivity contribution is 5.86. The number of nitrogens with one attached hydrogen (secondary N) is 1. The van der Waals surface area contributed by atoms with Gasteiger partial charge in [0.2, 0.25) is 0 Å². The van der Waals surface area contributed by atoms with Crippen LogP contribution in [0.2, 0.25) is 0 Å². The Balaban J connectivity index is 2.05. The third-order valence-corrected chi connectivity index (χ3v) is 4.43. The third kappa shape index (κ3) is 3.87. The van der Waals surface area contributed by atoms with Gasteiger partial charge >= 0.3 is 12.0 Å². The minimum atomic E-state index is -1.13. The van der Waals surface area contributed by atoms with Gasteiger partial charge in [-0.2, -0.15) is 5.26 Å². The normalized spacial score (nSPS) is 20.9. The number of rotatable bonds is 5. The fourth-order valence-corrected chi connectivity index (χ4v) is 3.01. The summed E-state index contributed by atoms with van der Waals surface area (Å²) in [6, 6.07) is 1.90. The summed E-state index contributed by atoms with van der Waals surface area (Å²) >= 11 is 0. The van der Waals surface area contributed by atoms with E-state index in [0.717, 1.165) is 38.5 Å². The van der Waals surface area contributed by atoms with Crippen molar-refractivity contribution in [1.82, 2.24) is 10.2 Å². The van der Waals surface area contributed by atoms with Gasteiger partial charge in [-0.15, -0.1) is 0 Å². The molecule has 0 aromatic carbocycles. The molecule has 2 aliphatic rings. The van der Waals surface area contributed by atoms with Crippen LogP contribution in [0.15, 0.2) is 0 Å². The lowest BCUT2D eigenvalue weighted by Gasteiger charge is -2.32. The van der Waals surface area contributed by atoms with E-state index in [4.69, 9.17) is 5.26 Å². The summed E-state index contributed by atoms with van der Waals surface area (Å²) in [5, 5.41) is 21.1. The molecule has 0 aromatic heterocycles. The molecule has 0 spiro atoms. The Hall–Kier alpha value is -1.77. The number of aliphatic carboxylic acids is 1. The van der Waals surface area contributed by atoms with Crippen molar-refractivity contribution in [3.63, 3.8) is 0 Å². The van der Waals surface area contributed by atoms with Gasteiger partial charge in [-0.1, -0.05) is 25.7 Å². The Bertz CT molecular complexity index is 432. The van der Waals surface area contributed by atoms with E-state index in [1.165, 1.54) is 0 Å². The molecule has 0 atom stereocenters. The van der Waals surface area contributed by atoms with Crippen LogP contribution in [0.4, 0.5) is 4.79 Å². The second-order valence-electron chi connectivity index (χ2n) is 6.06. The predicted molar refractivity (Wildman–Crippen MR) is 76.6 cm³/mol. The first-order valence-electron chi connectivity index (χ1n) is 7.78. The molecule has 0 aliphatic heterocycles. The Morgan fingerprint density at radius 3 is 2.33 bits per heavy atom. The van der Waals surface area contributed by atoms with Crippen LogP contribution in [0.25, 0.3) is 0 Å². The van der Waals surface area contributed by atoms with Crippen LogP contribution in [0.3, 0.4) is 0 Å². The zero-order chi connectivity index (χ0) is 15.3. The number of hydrogen-bond donors (Lipinski definition) is 2. The van der Waals surface area contributed by atoms with Crippen molar-refractivity contribution in [2.75, 3.05) is 6.54 Å². The van der Waals surface area contributed by atoms with E-state index in [1.807, 2.05) is 6.07 Å². The smallest absolute Gasteiger partial charge is 0.329 e. The highest BCUT2D eigenvalue weighted by Crippen LogP contribution is 2.30. The van der Waals surface area contributed by atoms with Crippen LogP contribution >= 0.6 is 0 Å². The van der Waals surface area contributed by atoms with E-state index >= 15 is 0 Å². The molecule has 2 fully saturated rings. The Labute approximate surface area is 125 Å². The number of carbonyl (C=O) groups is 2. The SMILES string of the molecule is N#CCCN(C(=O)NC1(C(=O)O)CCCCCC1)C1CC1. The van der Waals surface area contributed by atoms with Gasteiger partial charge in [-0.25, -0.2) is 9.59 Å². The topological polar surface area (TPSA) is 93.4 Å². The van der Waals surface area contributed by atoms with Crippen molar-refractivity contribution in [1.29, 1.82) is 5.26 Å². The van der Waals surface area contributed by atoms with Crippen molar-refractivity contribution in [2.24, 2.45) is 0 Å². The summed E-state index contributed by atoms with van der Waals surface area (Å²) in [7, 11) is 0. The maximum Gasteiger partial charge on any atom is 0.329 e. The lowest BCUT2D eigenvalue weighted by atomic mass is 9.90. The largest absolute Gasteiger partial charge is 0.480 e. The predicted octanol–water partition coefficient (Wildman–Crippen LogP) is 2.25. The number of carboxylic acid groups (broad SMARTS) is 1. The van der Waals surface area contributed by atoms with Crippen LogP contribution < -0.4 is 5.32 Å². The van der Waals surface area contributed by atoms with Gasteiger partial charge in [-0.3, -0.25) is 0 Å². The highest BCUT2D eigenvalue weighted by Gasteiger charge is 2.42. The van der Waals surface area contributed by atoms with Gasteiger partial charge in [0, 0.05) is 12.6 Å². The molecule has 0 saturated heterocycles. The number of hydrogen-bond acceptors (Lipinski definition) is 3. The van der Waals surface area contributed by atoms with Gasteiger partial charge in [0.05, 0.1) is 12.5 Å². The van der Waals surface area contributed by atoms with E-state index in [9.17, 15) is 14.7 Å². The standard InChI is InChI=1S/C15H23N3O3/c16-10-5-11-18(12-6-7-12)14(21)17-15(13(19)20)8-3-1-2-4-9-15/h12H,1-9,11H2,(H,17,21)(H,19,20). The summed E-state index contributed by atoms with van der Waals surface area (Å²) < 4.78 is 0. The molecule has 2 aliphatic carbocycles. The van der Waals surface area contributed by atoms with Crippen molar-refractivity contribution >= 4 is 12.0 Å². The fraction of sp³-hybridized carbons (Fsp3) is 0.800. The van der Waals surface area contributed by atoms with Crippen LogP contribution in [0, 0.1) is 11.3 Å². The summed E-state index contributed by atoms with van der Waals surface area (Å²) in [6.45, 7) is 0.378. The van der Waals surface area contributed by atoms with Crippen molar-refractivity contribution in [3.8, 4) is 6.07 Å². The summed E-state index contributed by atoms with van der Waals surface area (Å²) in [4.78, 5) is 25.8. The molecular formula is C15H23N3O3. The lowest BCUT2D eigenvalue weighted by molar-refractivity contribution is -0.145. The fourth-order valence-electron chi connectivity index (χ4n) is 3.01. The zero-order valence-corrected chi connectivity index (χ0v) is 12.3. The van der Waals surface area contributed by atoms with Gasteiger partial charge < -0.3 is 15.3 Å². The zero-order valence-electron chi connectivity index (χ0n) is 12.3. The quantitative estimate of drug-likeness (QED) is 0.760. The molecule has 2 amide bonds. The molecule has 6 nitrogen and oxygen atoms in total. The lowest BCUT2D eigenvalue weighted by Crippen LogP contribution is -2.58. The van der Waals surface area contributed by atoms with Crippen LogP contribution in [0.5, 0.6) is 0 Å². The van der Waals surface area contributed by atoms with Gasteiger partial charge in [0.25, 0.3) is 0 Å². The Morgan fingerprint density at radius 2 is 1.86 bits per heavy atom. The maximum atomic E-state index is 12.5. The Kier molecular flexibility index (Phi) is 5.05.